The Kier molecular flexibility index (Phi) is 4.93. The first-order valence-corrected chi connectivity index (χ1v) is 12.6. The molecule has 6 rings (SSSR count). The number of H-pyrrole nitrogens is 1. The highest BCUT2D eigenvalue weighted by Gasteiger charge is 2.32. The van der Waals surface area contributed by atoms with Gasteiger partial charge in [-0.1, -0.05) is 0 Å². The van der Waals surface area contributed by atoms with Crippen molar-refractivity contribution in [1.82, 2.24) is 33.8 Å². The van der Waals surface area contributed by atoms with E-state index in [4.69, 9.17) is 4.98 Å². The van der Waals surface area contributed by atoms with E-state index < -0.39 is 10.0 Å². The molecule has 172 valence electrons. The Hall–Kier alpha value is -3.63. The number of sulfonamides is 1. The van der Waals surface area contributed by atoms with Gasteiger partial charge in [0.05, 0.1) is 4.90 Å². The van der Waals surface area contributed by atoms with Crippen LogP contribution >= 0.6 is 0 Å². The zero-order valence-corrected chi connectivity index (χ0v) is 19.4. The van der Waals surface area contributed by atoms with Crippen LogP contribution < -0.4 is 0 Å². The summed E-state index contributed by atoms with van der Waals surface area (Å²) in [5, 5.41) is 0.902. The fraction of sp³-hybridized carbons (Fsp3) is 0.250. The molecule has 0 atom stereocenters. The van der Waals surface area contributed by atoms with Crippen molar-refractivity contribution in [2.45, 2.75) is 30.7 Å². The molecule has 4 aromatic heterocycles. The van der Waals surface area contributed by atoms with Crippen LogP contribution in [0, 0.1) is 6.92 Å². The predicted molar refractivity (Wildman–Crippen MR) is 129 cm³/mol. The van der Waals surface area contributed by atoms with E-state index in [1.165, 1.54) is 6.33 Å². The van der Waals surface area contributed by atoms with E-state index >= 15 is 0 Å². The molecule has 5 aromatic rings. The average Bonchev–Trinajstić information content (AvgIpc) is 3.44. The maximum Gasteiger partial charge on any atom is 0.243 e. The van der Waals surface area contributed by atoms with Crippen LogP contribution in [0.2, 0.25) is 0 Å². The number of pyridine rings is 1. The lowest BCUT2D eigenvalue weighted by Gasteiger charge is -2.32. The molecule has 0 unspecified atom stereocenters. The Balaban J connectivity index is 1.30. The molecular weight excluding hydrogens is 450 g/mol. The summed E-state index contributed by atoms with van der Waals surface area (Å²) in [6.07, 6.45) is 6.26. The van der Waals surface area contributed by atoms with Crippen molar-refractivity contribution in [2.24, 2.45) is 0 Å². The molecule has 1 saturated heterocycles. The molecule has 10 heteroatoms. The van der Waals surface area contributed by atoms with Crippen LogP contribution in [0.4, 0.5) is 0 Å². The number of rotatable bonds is 4. The minimum atomic E-state index is -3.58. The van der Waals surface area contributed by atoms with Crippen LogP contribution in [-0.4, -0.2) is 55.3 Å². The maximum absolute atomic E-state index is 13.4. The monoisotopic (exact) mass is 473 g/mol. The Labute approximate surface area is 196 Å². The average molecular weight is 474 g/mol. The number of imidazole rings is 1. The third-order valence-electron chi connectivity index (χ3n) is 6.41. The van der Waals surface area contributed by atoms with Gasteiger partial charge < -0.3 is 9.55 Å². The van der Waals surface area contributed by atoms with Crippen LogP contribution in [0.1, 0.15) is 24.6 Å². The number of nitrogens with zero attached hydrogens (tertiary/aromatic N) is 6. The number of nitrogens with one attached hydrogen (secondary N) is 1. The normalized spacial score (nSPS) is 15.9. The Morgan fingerprint density at radius 3 is 2.68 bits per heavy atom. The third-order valence-corrected chi connectivity index (χ3v) is 8.31. The predicted octanol–water partition coefficient (Wildman–Crippen LogP) is 3.70. The summed E-state index contributed by atoms with van der Waals surface area (Å²) in [7, 11) is -3.58. The van der Waals surface area contributed by atoms with Crippen molar-refractivity contribution < 1.29 is 8.42 Å². The molecule has 0 amide bonds. The largest absolute Gasteiger partial charge is 0.359 e. The van der Waals surface area contributed by atoms with Crippen molar-refractivity contribution in [3.05, 3.63) is 66.9 Å². The van der Waals surface area contributed by atoms with Gasteiger partial charge in [0.25, 0.3) is 0 Å². The summed E-state index contributed by atoms with van der Waals surface area (Å²) in [5.74, 6) is 0.727. The SMILES string of the molecule is Cc1cc2cc(S(=O)(=O)N3CCC(n4c(-c5ccncn5)nc5cccnc54)CC3)ccc2[nH]1. The lowest BCUT2D eigenvalue weighted by molar-refractivity contribution is 0.278. The van der Waals surface area contributed by atoms with E-state index in [0.29, 0.717) is 30.8 Å². The molecule has 1 aliphatic heterocycles. The van der Waals surface area contributed by atoms with Crippen LogP contribution in [0.5, 0.6) is 0 Å². The van der Waals surface area contributed by atoms with Gasteiger partial charge in [0, 0.05) is 48.1 Å². The first kappa shape index (κ1) is 20.9. The van der Waals surface area contributed by atoms with Crippen molar-refractivity contribution in [2.75, 3.05) is 13.1 Å². The number of aromatic nitrogens is 6. The zero-order valence-electron chi connectivity index (χ0n) is 18.6. The standard InChI is InChI=1S/C24H23N7O2S/c1-16-13-17-14-19(4-5-20(17)28-16)34(32,33)30-11-7-18(8-12-30)31-23-22(3-2-9-26-23)29-24(31)21-6-10-25-15-27-21/h2-6,9-10,13-15,18,28H,7-8,11-12H2,1H3. The Bertz CT molecular complexity index is 1600. The lowest BCUT2D eigenvalue weighted by Crippen LogP contribution is -2.39. The molecule has 0 radical (unpaired) electrons. The van der Waals surface area contributed by atoms with Crippen molar-refractivity contribution in [3.8, 4) is 11.5 Å². The van der Waals surface area contributed by atoms with E-state index in [0.717, 1.165) is 39.3 Å². The van der Waals surface area contributed by atoms with E-state index in [2.05, 4.69) is 24.5 Å². The number of hydrogen-bond donors (Lipinski definition) is 1. The van der Waals surface area contributed by atoms with Crippen molar-refractivity contribution in [3.63, 3.8) is 0 Å². The highest BCUT2D eigenvalue weighted by atomic mass is 32.2. The number of fused-ring (bicyclic) bond motifs is 2. The van der Waals surface area contributed by atoms with Crippen LogP contribution in [0.3, 0.4) is 0 Å². The molecule has 1 aliphatic rings. The number of benzene rings is 1. The van der Waals surface area contributed by atoms with Gasteiger partial charge in [0.2, 0.25) is 10.0 Å². The lowest BCUT2D eigenvalue weighted by atomic mass is 10.1. The summed E-state index contributed by atoms with van der Waals surface area (Å²) in [5.41, 5.74) is 4.24. The fourth-order valence-corrected chi connectivity index (χ4v) is 6.29. The van der Waals surface area contributed by atoms with E-state index in [-0.39, 0.29) is 6.04 Å². The zero-order chi connectivity index (χ0) is 23.3. The molecule has 1 aromatic carbocycles. The van der Waals surface area contributed by atoms with Crippen LogP contribution in [0.25, 0.3) is 33.6 Å². The highest BCUT2D eigenvalue weighted by molar-refractivity contribution is 7.89. The molecule has 34 heavy (non-hydrogen) atoms. The number of piperidine rings is 1. The number of aryl methyl sites for hydroxylation is 1. The topological polar surface area (TPSA) is 110 Å². The van der Waals surface area contributed by atoms with Gasteiger partial charge in [-0.15, -0.1) is 0 Å². The van der Waals surface area contributed by atoms with Crippen molar-refractivity contribution >= 4 is 32.1 Å². The van der Waals surface area contributed by atoms with E-state index in [1.807, 2.05) is 37.3 Å². The second-order valence-corrected chi connectivity index (χ2v) is 10.5. The molecule has 0 bridgehead atoms. The highest BCUT2D eigenvalue weighted by Crippen LogP contribution is 2.33. The summed E-state index contributed by atoms with van der Waals surface area (Å²) in [4.78, 5) is 21.3. The van der Waals surface area contributed by atoms with Gasteiger partial charge in [-0.2, -0.15) is 4.31 Å². The second-order valence-electron chi connectivity index (χ2n) is 8.58. The van der Waals surface area contributed by atoms with Gasteiger partial charge in [0.15, 0.2) is 11.5 Å². The molecule has 9 nitrogen and oxygen atoms in total. The van der Waals surface area contributed by atoms with Gasteiger partial charge in [-0.3, -0.25) is 0 Å². The number of aromatic amines is 1. The maximum atomic E-state index is 13.4. The first-order chi connectivity index (χ1) is 16.5. The molecule has 1 fully saturated rings. The summed E-state index contributed by atoms with van der Waals surface area (Å²) < 4.78 is 30.5. The Morgan fingerprint density at radius 1 is 1.03 bits per heavy atom. The van der Waals surface area contributed by atoms with Gasteiger partial charge >= 0.3 is 0 Å². The molecule has 0 aliphatic carbocycles. The van der Waals surface area contributed by atoms with Gasteiger partial charge in [0.1, 0.15) is 17.5 Å². The minimum Gasteiger partial charge on any atom is -0.359 e. The summed E-state index contributed by atoms with van der Waals surface area (Å²) in [6.45, 7) is 2.81. The third kappa shape index (κ3) is 3.46. The van der Waals surface area contributed by atoms with Gasteiger partial charge in [-0.25, -0.2) is 28.4 Å². The minimum absolute atomic E-state index is 0.0612. The molecule has 1 N–H and O–H groups in total. The number of hydrogen-bond acceptors (Lipinski definition) is 6. The van der Waals surface area contributed by atoms with E-state index in [1.54, 1.807) is 28.8 Å². The summed E-state index contributed by atoms with van der Waals surface area (Å²) in [6, 6.07) is 12.9. The Morgan fingerprint density at radius 2 is 1.88 bits per heavy atom. The van der Waals surface area contributed by atoms with E-state index in [9.17, 15) is 8.42 Å². The quantitative estimate of drug-likeness (QED) is 0.426. The van der Waals surface area contributed by atoms with Crippen LogP contribution in [0.15, 0.2) is 66.1 Å². The van der Waals surface area contributed by atoms with Crippen molar-refractivity contribution in [1.29, 1.82) is 0 Å². The first-order valence-electron chi connectivity index (χ1n) is 11.2. The fourth-order valence-electron chi connectivity index (χ4n) is 4.79. The molecule has 0 saturated carbocycles. The van der Waals surface area contributed by atoms with Crippen LogP contribution in [-0.2, 0) is 10.0 Å². The smallest absolute Gasteiger partial charge is 0.243 e. The second kappa shape index (κ2) is 8.00. The molecule has 0 spiro atoms. The molecule has 5 heterocycles. The summed E-state index contributed by atoms with van der Waals surface area (Å²) >= 11 is 0. The van der Waals surface area contributed by atoms with Gasteiger partial charge in [-0.05, 0) is 62.2 Å². The molecular formula is C24H23N7O2S.